The first-order chi connectivity index (χ1) is 16.4. The lowest BCUT2D eigenvalue weighted by molar-refractivity contribution is -0.0437. The molecule has 8 heteroatoms. The van der Waals surface area contributed by atoms with Crippen LogP contribution in [0.5, 0.6) is 5.75 Å². The zero-order valence-corrected chi connectivity index (χ0v) is 19.2. The van der Waals surface area contributed by atoms with Crippen LogP contribution in [0.25, 0.3) is 16.6 Å². The zero-order chi connectivity index (χ0) is 25.3. The molecule has 5 nitrogen and oxygen atoms in total. The minimum Gasteiger partial charge on any atom is -0.507 e. The van der Waals surface area contributed by atoms with Gasteiger partial charge in [-0.3, -0.25) is 0 Å². The number of fused-ring (bicyclic) bond motifs is 3. The van der Waals surface area contributed by atoms with Crippen LogP contribution in [0, 0.1) is 17.5 Å². The van der Waals surface area contributed by atoms with Gasteiger partial charge in [0.25, 0.3) is 0 Å². The van der Waals surface area contributed by atoms with Gasteiger partial charge in [0.2, 0.25) is 0 Å². The van der Waals surface area contributed by atoms with Crippen molar-refractivity contribution in [2.24, 2.45) is 0 Å². The molecule has 1 unspecified atom stereocenters. The maximum absolute atomic E-state index is 14.5. The SMILES string of the molecule is CC1(C)COC(C)(c2cccc(C(=O)O)c2)c2c1n(-c1ccc(F)c(F)c1)c1cc(F)cc(O)c21. The fourth-order valence-electron chi connectivity index (χ4n) is 5.00. The minimum atomic E-state index is -1.24. The highest BCUT2D eigenvalue weighted by molar-refractivity contribution is 5.95. The zero-order valence-electron chi connectivity index (χ0n) is 19.2. The largest absolute Gasteiger partial charge is 0.507 e. The highest BCUT2D eigenvalue weighted by Gasteiger charge is 2.47. The van der Waals surface area contributed by atoms with E-state index < -0.39 is 34.4 Å². The Balaban J connectivity index is 1.95. The van der Waals surface area contributed by atoms with Gasteiger partial charge >= 0.3 is 5.97 Å². The molecule has 2 N–H and O–H groups in total. The van der Waals surface area contributed by atoms with Gasteiger partial charge in [0.05, 0.1) is 17.7 Å². The molecular formula is C27H22F3NO4. The molecule has 0 bridgehead atoms. The number of rotatable bonds is 3. The number of benzene rings is 3. The smallest absolute Gasteiger partial charge is 0.335 e. The molecule has 3 aromatic carbocycles. The van der Waals surface area contributed by atoms with Crippen molar-refractivity contribution < 1.29 is 32.9 Å². The van der Waals surface area contributed by atoms with Gasteiger partial charge in [0.1, 0.15) is 17.2 Å². The monoisotopic (exact) mass is 481 g/mol. The quantitative estimate of drug-likeness (QED) is 0.375. The number of ether oxygens (including phenoxy) is 1. The average Bonchev–Trinajstić information content (AvgIpc) is 3.16. The summed E-state index contributed by atoms with van der Waals surface area (Å²) in [6.45, 7) is 5.71. The van der Waals surface area contributed by atoms with Crippen molar-refractivity contribution in [1.29, 1.82) is 0 Å². The summed E-state index contributed by atoms with van der Waals surface area (Å²) in [5.74, 6) is -4.26. The van der Waals surface area contributed by atoms with E-state index in [4.69, 9.17) is 4.74 Å². The minimum absolute atomic E-state index is 0.0540. The summed E-state index contributed by atoms with van der Waals surface area (Å²) >= 11 is 0. The Kier molecular flexibility index (Phi) is 5.00. The summed E-state index contributed by atoms with van der Waals surface area (Å²) in [6.07, 6.45) is 0. The lowest BCUT2D eigenvalue weighted by Gasteiger charge is -2.43. The van der Waals surface area contributed by atoms with Gasteiger partial charge in [0.15, 0.2) is 11.6 Å². The molecule has 180 valence electrons. The van der Waals surface area contributed by atoms with E-state index in [1.165, 1.54) is 24.3 Å². The number of halogens is 3. The number of phenolic OH excluding ortho intramolecular Hbond substituents is 1. The second kappa shape index (κ2) is 7.61. The van der Waals surface area contributed by atoms with E-state index in [2.05, 4.69) is 0 Å². The summed E-state index contributed by atoms with van der Waals surface area (Å²) < 4.78 is 50.6. The van der Waals surface area contributed by atoms with Crippen LogP contribution in [0.2, 0.25) is 0 Å². The van der Waals surface area contributed by atoms with E-state index in [-0.39, 0.29) is 34.5 Å². The molecule has 1 aliphatic rings. The van der Waals surface area contributed by atoms with Crippen molar-refractivity contribution in [2.75, 3.05) is 6.61 Å². The third-order valence-electron chi connectivity index (χ3n) is 6.67. The van der Waals surface area contributed by atoms with E-state index in [1.54, 1.807) is 23.6 Å². The first-order valence-corrected chi connectivity index (χ1v) is 10.9. The third kappa shape index (κ3) is 3.39. The molecule has 0 amide bonds. The van der Waals surface area contributed by atoms with Crippen LogP contribution < -0.4 is 0 Å². The molecule has 1 atom stereocenters. The van der Waals surface area contributed by atoms with E-state index in [0.29, 0.717) is 16.8 Å². The molecule has 0 spiro atoms. The van der Waals surface area contributed by atoms with Gasteiger partial charge in [-0.25, -0.2) is 18.0 Å². The Labute approximate surface area is 199 Å². The Hall–Kier alpha value is -3.78. The van der Waals surface area contributed by atoms with Crippen molar-refractivity contribution in [1.82, 2.24) is 4.57 Å². The van der Waals surface area contributed by atoms with Gasteiger partial charge in [0, 0.05) is 39.9 Å². The van der Waals surface area contributed by atoms with Crippen LogP contribution in [0.1, 0.15) is 48.0 Å². The van der Waals surface area contributed by atoms with E-state index >= 15 is 0 Å². The Morgan fingerprint density at radius 3 is 2.43 bits per heavy atom. The van der Waals surface area contributed by atoms with Crippen LogP contribution in [0.15, 0.2) is 54.6 Å². The molecule has 0 fully saturated rings. The van der Waals surface area contributed by atoms with Crippen molar-refractivity contribution in [3.63, 3.8) is 0 Å². The number of carboxylic acid groups (broad SMARTS) is 1. The number of hydrogen-bond donors (Lipinski definition) is 2. The van der Waals surface area contributed by atoms with Crippen LogP contribution in [0.3, 0.4) is 0 Å². The van der Waals surface area contributed by atoms with Gasteiger partial charge in [-0.15, -0.1) is 0 Å². The van der Waals surface area contributed by atoms with Crippen LogP contribution >= 0.6 is 0 Å². The molecule has 1 aliphatic heterocycles. The Morgan fingerprint density at radius 1 is 1.00 bits per heavy atom. The molecule has 5 rings (SSSR count). The van der Waals surface area contributed by atoms with E-state index in [9.17, 15) is 28.2 Å². The predicted molar refractivity (Wildman–Crippen MR) is 124 cm³/mol. The Bertz CT molecular complexity index is 1520. The first kappa shape index (κ1) is 23.0. The van der Waals surface area contributed by atoms with Crippen molar-refractivity contribution in [3.8, 4) is 11.4 Å². The second-order valence-electron chi connectivity index (χ2n) is 9.57. The van der Waals surface area contributed by atoms with Gasteiger partial charge < -0.3 is 19.5 Å². The number of aromatic carboxylic acids is 1. The summed E-state index contributed by atoms with van der Waals surface area (Å²) in [6, 6.07) is 11.9. The number of phenols is 1. The topological polar surface area (TPSA) is 71.7 Å². The average molecular weight is 481 g/mol. The molecule has 0 saturated heterocycles. The molecule has 0 saturated carbocycles. The van der Waals surface area contributed by atoms with Gasteiger partial charge in [-0.2, -0.15) is 0 Å². The number of nitrogens with zero attached hydrogens (tertiary/aromatic N) is 1. The van der Waals surface area contributed by atoms with Gasteiger partial charge in [-0.1, -0.05) is 26.0 Å². The summed E-state index contributed by atoms with van der Waals surface area (Å²) in [5.41, 5.74) is 0.220. The Morgan fingerprint density at radius 2 is 1.74 bits per heavy atom. The lowest BCUT2D eigenvalue weighted by Crippen LogP contribution is -2.43. The maximum atomic E-state index is 14.5. The van der Waals surface area contributed by atoms with Crippen molar-refractivity contribution in [3.05, 3.63) is 94.4 Å². The molecule has 35 heavy (non-hydrogen) atoms. The highest BCUT2D eigenvalue weighted by atomic mass is 19.2. The normalized spacial score (nSPS) is 19.0. The molecule has 4 aromatic rings. The van der Waals surface area contributed by atoms with Crippen molar-refractivity contribution >= 4 is 16.9 Å². The van der Waals surface area contributed by atoms with Crippen molar-refractivity contribution in [2.45, 2.75) is 31.8 Å². The first-order valence-electron chi connectivity index (χ1n) is 10.9. The number of carbonyl (C=O) groups is 1. The molecule has 1 aromatic heterocycles. The van der Waals surface area contributed by atoms with Gasteiger partial charge in [-0.05, 0) is 42.8 Å². The second-order valence-corrected chi connectivity index (χ2v) is 9.57. The third-order valence-corrected chi connectivity index (χ3v) is 6.67. The predicted octanol–water partition coefficient (Wildman–Crippen LogP) is 6.02. The number of aromatic hydroxyl groups is 1. The fraction of sp³-hybridized carbons (Fsp3) is 0.222. The number of hydrogen-bond acceptors (Lipinski definition) is 3. The summed E-state index contributed by atoms with van der Waals surface area (Å²) in [7, 11) is 0. The highest BCUT2D eigenvalue weighted by Crippen LogP contribution is 2.52. The fourth-order valence-corrected chi connectivity index (χ4v) is 5.00. The van der Waals surface area contributed by atoms with E-state index in [1.807, 2.05) is 13.8 Å². The van der Waals surface area contributed by atoms with Crippen LogP contribution in [-0.2, 0) is 15.8 Å². The lowest BCUT2D eigenvalue weighted by atomic mass is 9.75. The summed E-state index contributed by atoms with van der Waals surface area (Å²) in [5, 5.41) is 20.7. The van der Waals surface area contributed by atoms with E-state index in [0.717, 1.165) is 18.2 Å². The standard InChI is InChI=1S/C27H22F3NO4/c1-26(2)13-35-27(3,15-6-4-5-14(9-15)25(33)34)23-22-20(10-16(28)11-21(22)32)31(24(23)26)17-7-8-18(29)19(30)12-17/h4-12,32H,13H2,1-3H3,(H,33,34). The number of aromatic nitrogens is 1. The van der Waals surface area contributed by atoms with Crippen LogP contribution in [0.4, 0.5) is 13.2 Å². The maximum Gasteiger partial charge on any atom is 0.335 e. The molecular weight excluding hydrogens is 459 g/mol. The molecule has 0 radical (unpaired) electrons. The van der Waals surface area contributed by atoms with Crippen LogP contribution in [-0.4, -0.2) is 27.4 Å². The number of carboxylic acids is 1. The molecule has 0 aliphatic carbocycles. The molecule has 2 heterocycles. The summed E-state index contributed by atoms with van der Waals surface area (Å²) in [4.78, 5) is 11.6.